The monoisotopic (exact) mass is 295 g/mol. The molecule has 3 N–H and O–H groups in total. The van der Waals surface area contributed by atoms with Gasteiger partial charge < -0.3 is 11.1 Å². The maximum atomic E-state index is 12.8. The van der Waals surface area contributed by atoms with Crippen molar-refractivity contribution < 1.29 is 18.0 Å². The van der Waals surface area contributed by atoms with Gasteiger partial charge in [-0.05, 0) is 30.7 Å². The van der Waals surface area contributed by atoms with Gasteiger partial charge in [0.25, 0.3) is 5.91 Å². The summed E-state index contributed by atoms with van der Waals surface area (Å²) in [4.78, 5) is 15.9. The predicted octanol–water partition coefficient (Wildman–Crippen LogP) is 3.24. The summed E-state index contributed by atoms with van der Waals surface area (Å²) in [5, 5.41) is 2.47. The molecule has 110 valence electrons. The van der Waals surface area contributed by atoms with Gasteiger partial charge in [0.1, 0.15) is 0 Å². The molecule has 0 fully saturated rings. The minimum absolute atomic E-state index is 0.230. The number of amides is 1. The normalized spacial score (nSPS) is 11.2. The van der Waals surface area contributed by atoms with E-state index in [1.165, 1.54) is 12.3 Å². The number of nitrogens with zero attached hydrogens (tertiary/aromatic N) is 1. The fraction of sp³-hybridized carbons (Fsp3) is 0.143. The van der Waals surface area contributed by atoms with E-state index in [0.717, 1.165) is 17.7 Å². The number of nitrogen functional groups attached to an aromatic ring is 1. The molecule has 1 aromatic heterocycles. The summed E-state index contributed by atoms with van der Waals surface area (Å²) >= 11 is 0. The first-order valence-electron chi connectivity index (χ1n) is 5.97. The molecule has 2 aromatic rings. The number of rotatable bonds is 2. The van der Waals surface area contributed by atoms with Crippen molar-refractivity contribution in [2.24, 2.45) is 0 Å². The molecule has 0 aliphatic carbocycles. The lowest BCUT2D eigenvalue weighted by Gasteiger charge is -2.13. The van der Waals surface area contributed by atoms with Crippen LogP contribution in [0.2, 0.25) is 0 Å². The van der Waals surface area contributed by atoms with Gasteiger partial charge in [-0.3, -0.25) is 9.78 Å². The van der Waals surface area contributed by atoms with Gasteiger partial charge in [-0.1, -0.05) is 6.07 Å². The number of nitrogens with one attached hydrogen (secondary N) is 1. The number of aryl methyl sites for hydroxylation is 1. The van der Waals surface area contributed by atoms with Crippen LogP contribution >= 0.6 is 0 Å². The van der Waals surface area contributed by atoms with Crippen LogP contribution in [0.3, 0.4) is 0 Å². The van der Waals surface area contributed by atoms with E-state index < -0.39 is 23.3 Å². The summed E-state index contributed by atoms with van der Waals surface area (Å²) in [6.45, 7) is 1.78. The molecule has 1 heterocycles. The lowest BCUT2D eigenvalue weighted by molar-refractivity contribution is -0.136. The molecule has 0 atom stereocenters. The maximum absolute atomic E-state index is 12.8. The summed E-state index contributed by atoms with van der Waals surface area (Å²) in [6, 6.07) is 4.86. The number of hydrogen-bond donors (Lipinski definition) is 2. The van der Waals surface area contributed by atoms with E-state index in [0.29, 0.717) is 5.69 Å². The fourth-order valence-electron chi connectivity index (χ4n) is 1.83. The Kier molecular flexibility index (Phi) is 3.84. The third-order valence-electron chi connectivity index (χ3n) is 2.79. The molecule has 7 heteroatoms. The third kappa shape index (κ3) is 3.31. The third-order valence-corrected chi connectivity index (χ3v) is 2.79. The van der Waals surface area contributed by atoms with Crippen molar-refractivity contribution in [3.63, 3.8) is 0 Å². The van der Waals surface area contributed by atoms with Gasteiger partial charge in [-0.15, -0.1) is 0 Å². The Balaban J connectivity index is 2.32. The minimum Gasteiger partial charge on any atom is -0.398 e. The van der Waals surface area contributed by atoms with Crippen LogP contribution in [0.5, 0.6) is 0 Å². The van der Waals surface area contributed by atoms with E-state index in [4.69, 9.17) is 5.73 Å². The molecule has 0 bridgehead atoms. The Morgan fingerprint density at radius 3 is 2.62 bits per heavy atom. The molecule has 0 unspecified atom stereocenters. The first kappa shape index (κ1) is 14.8. The van der Waals surface area contributed by atoms with Crippen molar-refractivity contribution in [1.82, 2.24) is 4.98 Å². The van der Waals surface area contributed by atoms with Crippen molar-refractivity contribution >= 4 is 17.3 Å². The van der Waals surface area contributed by atoms with E-state index >= 15 is 0 Å². The zero-order chi connectivity index (χ0) is 15.6. The zero-order valence-corrected chi connectivity index (χ0v) is 11.0. The summed E-state index contributed by atoms with van der Waals surface area (Å²) in [7, 11) is 0. The summed E-state index contributed by atoms with van der Waals surface area (Å²) in [6.07, 6.45) is -1.62. The van der Waals surface area contributed by atoms with Crippen LogP contribution < -0.4 is 11.1 Å². The van der Waals surface area contributed by atoms with Crippen molar-refractivity contribution in [1.29, 1.82) is 0 Å². The van der Waals surface area contributed by atoms with Gasteiger partial charge in [0, 0.05) is 6.20 Å². The van der Waals surface area contributed by atoms with E-state index in [-0.39, 0.29) is 5.56 Å². The predicted molar refractivity (Wildman–Crippen MR) is 72.8 cm³/mol. The Bertz CT molecular complexity index is 683. The highest BCUT2D eigenvalue weighted by Crippen LogP contribution is 2.35. The SMILES string of the molecule is Cc1cncc(NC(=O)c2cccc(C(F)(F)F)c2N)c1. The lowest BCUT2D eigenvalue weighted by atomic mass is 10.1. The maximum Gasteiger partial charge on any atom is 0.418 e. The van der Waals surface area contributed by atoms with E-state index in [1.54, 1.807) is 19.2 Å². The van der Waals surface area contributed by atoms with Crippen LogP contribution in [-0.4, -0.2) is 10.9 Å². The fourth-order valence-corrected chi connectivity index (χ4v) is 1.83. The van der Waals surface area contributed by atoms with E-state index in [2.05, 4.69) is 10.3 Å². The lowest BCUT2D eigenvalue weighted by Crippen LogP contribution is -2.17. The van der Waals surface area contributed by atoms with Gasteiger partial charge in [0.05, 0.1) is 28.7 Å². The number of carbonyl (C=O) groups is 1. The van der Waals surface area contributed by atoms with E-state index in [1.807, 2.05) is 0 Å². The number of carbonyl (C=O) groups excluding carboxylic acids is 1. The molecular formula is C14H12F3N3O. The average molecular weight is 295 g/mol. The van der Waals surface area contributed by atoms with Crippen LogP contribution in [0.1, 0.15) is 21.5 Å². The van der Waals surface area contributed by atoms with Gasteiger partial charge >= 0.3 is 6.18 Å². The number of halogens is 3. The molecule has 1 amide bonds. The van der Waals surface area contributed by atoms with Crippen molar-refractivity contribution in [3.05, 3.63) is 53.3 Å². The highest BCUT2D eigenvalue weighted by Gasteiger charge is 2.34. The van der Waals surface area contributed by atoms with Crippen molar-refractivity contribution in [3.8, 4) is 0 Å². The number of aromatic nitrogens is 1. The van der Waals surface area contributed by atoms with Gasteiger partial charge in [0.15, 0.2) is 0 Å². The molecular weight excluding hydrogens is 283 g/mol. The second-order valence-corrected chi connectivity index (χ2v) is 4.47. The van der Waals surface area contributed by atoms with Gasteiger partial charge in [0.2, 0.25) is 0 Å². The molecule has 0 radical (unpaired) electrons. The van der Waals surface area contributed by atoms with Crippen molar-refractivity contribution in [2.75, 3.05) is 11.1 Å². The standard InChI is InChI=1S/C14H12F3N3O/c1-8-5-9(7-19-6-8)20-13(21)10-3-2-4-11(12(10)18)14(15,16)17/h2-7H,18H2,1H3,(H,20,21). The highest BCUT2D eigenvalue weighted by atomic mass is 19.4. The van der Waals surface area contributed by atoms with Gasteiger partial charge in [-0.2, -0.15) is 13.2 Å². The summed E-state index contributed by atoms with van der Waals surface area (Å²) < 4.78 is 38.3. The second-order valence-electron chi connectivity index (χ2n) is 4.47. The minimum atomic E-state index is -4.61. The second kappa shape index (κ2) is 5.43. The average Bonchev–Trinajstić information content (AvgIpc) is 2.37. The quantitative estimate of drug-likeness (QED) is 0.836. The number of hydrogen-bond acceptors (Lipinski definition) is 3. The topological polar surface area (TPSA) is 68.0 Å². The zero-order valence-electron chi connectivity index (χ0n) is 11.0. The summed E-state index contributed by atoms with van der Waals surface area (Å²) in [5.41, 5.74) is 4.80. The Morgan fingerprint density at radius 2 is 2.00 bits per heavy atom. The molecule has 0 saturated heterocycles. The molecule has 4 nitrogen and oxygen atoms in total. The first-order chi connectivity index (χ1) is 9.79. The molecule has 21 heavy (non-hydrogen) atoms. The number of anilines is 2. The van der Waals surface area contributed by atoms with Gasteiger partial charge in [-0.25, -0.2) is 0 Å². The molecule has 2 rings (SSSR count). The van der Waals surface area contributed by atoms with Crippen LogP contribution in [0, 0.1) is 6.92 Å². The largest absolute Gasteiger partial charge is 0.418 e. The van der Waals surface area contributed by atoms with Crippen LogP contribution in [-0.2, 0) is 6.18 Å². The Labute approximate surface area is 118 Å². The van der Waals surface area contributed by atoms with E-state index in [9.17, 15) is 18.0 Å². The molecule has 0 spiro atoms. The smallest absolute Gasteiger partial charge is 0.398 e. The Morgan fingerprint density at radius 1 is 1.29 bits per heavy atom. The first-order valence-corrected chi connectivity index (χ1v) is 5.97. The molecule has 0 aliphatic rings. The van der Waals surface area contributed by atoms with Crippen molar-refractivity contribution in [2.45, 2.75) is 13.1 Å². The van der Waals surface area contributed by atoms with Crippen LogP contribution in [0.25, 0.3) is 0 Å². The summed E-state index contributed by atoms with van der Waals surface area (Å²) in [5.74, 6) is -0.717. The number of para-hydroxylation sites is 1. The molecule has 0 saturated carbocycles. The number of alkyl halides is 3. The highest BCUT2D eigenvalue weighted by molar-refractivity contribution is 6.08. The number of nitrogens with two attached hydrogens (primary N) is 1. The molecule has 1 aromatic carbocycles. The van der Waals surface area contributed by atoms with Crippen LogP contribution in [0.4, 0.5) is 24.5 Å². The number of pyridine rings is 1. The van der Waals surface area contributed by atoms with Crippen LogP contribution in [0.15, 0.2) is 36.7 Å². The number of benzene rings is 1. The Hall–Kier alpha value is -2.57. The molecule has 0 aliphatic heterocycles.